The number of carbonyl (C=O) groups is 1. The predicted molar refractivity (Wildman–Crippen MR) is 95.7 cm³/mol. The highest BCUT2D eigenvalue weighted by Gasteiger charge is 2.37. The third kappa shape index (κ3) is 3.62. The summed E-state index contributed by atoms with van der Waals surface area (Å²) in [5.41, 5.74) is 1.55. The number of rotatable bonds is 4. The van der Waals surface area contributed by atoms with Gasteiger partial charge in [-0.15, -0.1) is 0 Å². The van der Waals surface area contributed by atoms with Crippen LogP contribution in [0.25, 0.3) is 0 Å². The van der Waals surface area contributed by atoms with Crippen LogP contribution in [0.15, 0.2) is 24.3 Å². The summed E-state index contributed by atoms with van der Waals surface area (Å²) in [6.07, 6.45) is 7.25. The maximum Gasteiger partial charge on any atom is 0.244 e. The number of nitriles is 1. The van der Waals surface area contributed by atoms with Gasteiger partial charge in [-0.1, -0.05) is 19.8 Å². The number of nitrogens with zero attached hydrogens (tertiary/aromatic N) is 3. The van der Waals surface area contributed by atoms with E-state index < -0.39 is 0 Å². The molecule has 0 aromatic heterocycles. The second kappa shape index (κ2) is 7.81. The SMILES string of the molecule is CCCC1CCCN(C2CCN(c3ccc(C#N)cc3)C2=O)CC1. The van der Waals surface area contributed by atoms with Crippen LogP contribution in [0.3, 0.4) is 0 Å². The van der Waals surface area contributed by atoms with Gasteiger partial charge >= 0.3 is 0 Å². The Labute approximate surface area is 145 Å². The van der Waals surface area contributed by atoms with Crippen LogP contribution < -0.4 is 4.90 Å². The molecular formula is C20H27N3O. The topological polar surface area (TPSA) is 47.3 Å². The van der Waals surface area contributed by atoms with Crippen LogP contribution in [-0.2, 0) is 4.79 Å². The zero-order valence-corrected chi connectivity index (χ0v) is 14.6. The Morgan fingerprint density at radius 2 is 1.92 bits per heavy atom. The van der Waals surface area contributed by atoms with Gasteiger partial charge < -0.3 is 4.90 Å². The summed E-state index contributed by atoms with van der Waals surface area (Å²) in [6.45, 7) is 5.16. The Bertz CT molecular complexity index is 604. The first-order valence-electron chi connectivity index (χ1n) is 9.28. The Morgan fingerprint density at radius 1 is 1.12 bits per heavy atom. The van der Waals surface area contributed by atoms with Crippen LogP contribution in [-0.4, -0.2) is 36.5 Å². The number of benzene rings is 1. The molecule has 2 unspecified atom stereocenters. The van der Waals surface area contributed by atoms with E-state index in [1.54, 1.807) is 12.1 Å². The molecule has 0 N–H and O–H groups in total. The van der Waals surface area contributed by atoms with Gasteiger partial charge in [0.05, 0.1) is 17.7 Å². The van der Waals surface area contributed by atoms with Crippen LogP contribution in [0.2, 0.25) is 0 Å². The highest BCUT2D eigenvalue weighted by atomic mass is 16.2. The average Bonchev–Trinajstić information content (AvgIpc) is 2.84. The first-order valence-corrected chi connectivity index (χ1v) is 9.28. The van der Waals surface area contributed by atoms with Gasteiger partial charge in [0, 0.05) is 12.2 Å². The first kappa shape index (κ1) is 17.0. The minimum absolute atomic E-state index is 0.0426. The van der Waals surface area contributed by atoms with E-state index in [-0.39, 0.29) is 11.9 Å². The molecule has 2 saturated heterocycles. The molecule has 0 bridgehead atoms. The van der Waals surface area contributed by atoms with Crippen molar-refractivity contribution in [3.05, 3.63) is 29.8 Å². The molecule has 2 atom stereocenters. The molecular weight excluding hydrogens is 298 g/mol. The number of hydrogen-bond donors (Lipinski definition) is 0. The average molecular weight is 325 g/mol. The van der Waals surface area contributed by atoms with Crippen molar-refractivity contribution in [3.8, 4) is 6.07 Å². The standard InChI is InChI=1S/C20H27N3O/c1-2-4-16-5-3-12-22(13-10-16)19-11-14-23(20(19)24)18-8-6-17(15-21)7-9-18/h6-9,16,19H,2-5,10-14H2,1H3. The molecule has 0 saturated carbocycles. The van der Waals surface area contributed by atoms with E-state index in [0.717, 1.165) is 37.7 Å². The minimum Gasteiger partial charge on any atom is -0.311 e. The van der Waals surface area contributed by atoms with Gasteiger partial charge in [0.2, 0.25) is 5.91 Å². The molecule has 2 fully saturated rings. The van der Waals surface area contributed by atoms with Crippen LogP contribution in [0.4, 0.5) is 5.69 Å². The second-order valence-corrected chi connectivity index (χ2v) is 7.07. The molecule has 24 heavy (non-hydrogen) atoms. The zero-order valence-electron chi connectivity index (χ0n) is 14.6. The number of hydrogen-bond acceptors (Lipinski definition) is 3. The molecule has 1 aromatic rings. The molecule has 4 heteroatoms. The summed E-state index contributed by atoms with van der Waals surface area (Å²) in [6, 6.07) is 9.52. The molecule has 4 nitrogen and oxygen atoms in total. The monoisotopic (exact) mass is 325 g/mol. The van der Waals surface area contributed by atoms with E-state index in [1.165, 1.54) is 32.1 Å². The largest absolute Gasteiger partial charge is 0.311 e. The van der Waals surface area contributed by atoms with Crippen molar-refractivity contribution in [2.24, 2.45) is 5.92 Å². The van der Waals surface area contributed by atoms with Gasteiger partial charge in [0.25, 0.3) is 0 Å². The Morgan fingerprint density at radius 3 is 2.62 bits per heavy atom. The maximum atomic E-state index is 12.9. The molecule has 0 spiro atoms. The molecule has 3 rings (SSSR count). The molecule has 0 aliphatic carbocycles. The van der Waals surface area contributed by atoms with Crippen molar-refractivity contribution in [2.75, 3.05) is 24.5 Å². The van der Waals surface area contributed by atoms with E-state index in [4.69, 9.17) is 5.26 Å². The summed E-state index contributed by atoms with van der Waals surface area (Å²) in [7, 11) is 0. The lowest BCUT2D eigenvalue weighted by molar-refractivity contribution is -0.121. The number of anilines is 1. The van der Waals surface area contributed by atoms with Gasteiger partial charge in [-0.25, -0.2) is 0 Å². The maximum absolute atomic E-state index is 12.9. The van der Waals surface area contributed by atoms with E-state index >= 15 is 0 Å². The lowest BCUT2D eigenvalue weighted by Crippen LogP contribution is -2.42. The van der Waals surface area contributed by atoms with Crippen molar-refractivity contribution in [1.82, 2.24) is 4.90 Å². The highest BCUT2D eigenvalue weighted by molar-refractivity contribution is 5.99. The van der Waals surface area contributed by atoms with Crippen molar-refractivity contribution in [3.63, 3.8) is 0 Å². The molecule has 1 amide bonds. The van der Waals surface area contributed by atoms with Gasteiger partial charge in [-0.3, -0.25) is 9.69 Å². The summed E-state index contributed by atoms with van der Waals surface area (Å²) < 4.78 is 0. The third-order valence-corrected chi connectivity index (χ3v) is 5.51. The minimum atomic E-state index is 0.0426. The Kier molecular flexibility index (Phi) is 5.52. The van der Waals surface area contributed by atoms with E-state index in [9.17, 15) is 4.79 Å². The summed E-state index contributed by atoms with van der Waals surface area (Å²) in [5, 5.41) is 8.91. The number of amides is 1. The molecule has 2 aliphatic rings. The molecule has 2 heterocycles. The number of likely N-dealkylation sites (tertiary alicyclic amines) is 1. The lowest BCUT2D eigenvalue weighted by atomic mass is 9.96. The van der Waals surface area contributed by atoms with Crippen molar-refractivity contribution < 1.29 is 4.79 Å². The van der Waals surface area contributed by atoms with Crippen molar-refractivity contribution >= 4 is 11.6 Å². The molecule has 2 aliphatic heterocycles. The van der Waals surface area contributed by atoms with E-state index in [1.807, 2.05) is 17.0 Å². The van der Waals surface area contributed by atoms with Crippen molar-refractivity contribution in [2.45, 2.75) is 51.5 Å². The fourth-order valence-corrected chi connectivity index (χ4v) is 4.17. The van der Waals surface area contributed by atoms with Crippen LogP contribution in [0.1, 0.15) is 51.0 Å². The molecule has 128 valence electrons. The van der Waals surface area contributed by atoms with Crippen LogP contribution in [0.5, 0.6) is 0 Å². The summed E-state index contributed by atoms with van der Waals surface area (Å²) >= 11 is 0. The Hall–Kier alpha value is -1.86. The van der Waals surface area contributed by atoms with Gasteiger partial charge in [-0.2, -0.15) is 5.26 Å². The molecule has 0 radical (unpaired) electrons. The number of carbonyl (C=O) groups excluding carboxylic acids is 1. The van der Waals surface area contributed by atoms with E-state index in [0.29, 0.717) is 5.56 Å². The lowest BCUT2D eigenvalue weighted by Gasteiger charge is -2.26. The van der Waals surface area contributed by atoms with Gasteiger partial charge in [-0.05, 0) is 69.0 Å². The summed E-state index contributed by atoms with van der Waals surface area (Å²) in [4.78, 5) is 17.2. The van der Waals surface area contributed by atoms with Crippen LogP contribution >= 0.6 is 0 Å². The quantitative estimate of drug-likeness (QED) is 0.850. The normalized spacial score (nSPS) is 25.5. The predicted octanol–water partition coefficient (Wildman–Crippen LogP) is 3.57. The second-order valence-electron chi connectivity index (χ2n) is 7.07. The Balaban J connectivity index is 1.64. The first-order chi connectivity index (χ1) is 11.7. The zero-order chi connectivity index (χ0) is 16.9. The third-order valence-electron chi connectivity index (χ3n) is 5.51. The fraction of sp³-hybridized carbons (Fsp3) is 0.600. The highest BCUT2D eigenvalue weighted by Crippen LogP contribution is 2.28. The molecule has 1 aromatic carbocycles. The van der Waals surface area contributed by atoms with Crippen molar-refractivity contribution in [1.29, 1.82) is 5.26 Å². The van der Waals surface area contributed by atoms with Gasteiger partial charge in [0.1, 0.15) is 0 Å². The van der Waals surface area contributed by atoms with Gasteiger partial charge in [0.15, 0.2) is 0 Å². The summed E-state index contributed by atoms with van der Waals surface area (Å²) in [5.74, 6) is 1.07. The van der Waals surface area contributed by atoms with E-state index in [2.05, 4.69) is 17.9 Å². The smallest absolute Gasteiger partial charge is 0.244 e. The van der Waals surface area contributed by atoms with Crippen LogP contribution in [0, 0.1) is 17.2 Å². The fourth-order valence-electron chi connectivity index (χ4n) is 4.17.